The standard InChI is InChI=1S/C8H13NS/c1-4-6(2)8-9-7(3)5-10-8/h5-6H,4H2,1-3H3. The molecule has 0 amide bonds. The van der Waals surface area contributed by atoms with Crippen molar-refractivity contribution < 1.29 is 0 Å². The van der Waals surface area contributed by atoms with E-state index < -0.39 is 0 Å². The second-order valence-electron chi connectivity index (χ2n) is 2.64. The lowest BCUT2D eigenvalue weighted by atomic mass is 10.1. The molecule has 0 aliphatic heterocycles. The summed E-state index contributed by atoms with van der Waals surface area (Å²) in [5.41, 5.74) is 1.15. The van der Waals surface area contributed by atoms with E-state index in [0.29, 0.717) is 5.92 Å². The van der Waals surface area contributed by atoms with Crippen LogP contribution in [0, 0.1) is 6.92 Å². The fourth-order valence-electron chi connectivity index (χ4n) is 0.773. The fourth-order valence-corrected chi connectivity index (χ4v) is 1.71. The van der Waals surface area contributed by atoms with E-state index in [9.17, 15) is 0 Å². The molecule has 1 aromatic heterocycles. The SMILES string of the molecule is CCC(C)c1nc(C)cs1. The average Bonchev–Trinajstić information content (AvgIpc) is 2.34. The number of rotatable bonds is 2. The van der Waals surface area contributed by atoms with E-state index in [4.69, 9.17) is 0 Å². The van der Waals surface area contributed by atoms with Crippen molar-refractivity contribution in [3.05, 3.63) is 16.1 Å². The summed E-state index contributed by atoms with van der Waals surface area (Å²) in [5.74, 6) is 0.638. The molecule has 1 heterocycles. The summed E-state index contributed by atoms with van der Waals surface area (Å²) in [5, 5.41) is 3.39. The summed E-state index contributed by atoms with van der Waals surface area (Å²) in [6, 6.07) is 0. The highest BCUT2D eigenvalue weighted by atomic mass is 32.1. The van der Waals surface area contributed by atoms with Gasteiger partial charge in [-0.05, 0) is 13.3 Å². The van der Waals surface area contributed by atoms with Gasteiger partial charge in [0.2, 0.25) is 0 Å². The van der Waals surface area contributed by atoms with Crippen LogP contribution < -0.4 is 0 Å². The molecule has 0 aliphatic rings. The minimum absolute atomic E-state index is 0.638. The van der Waals surface area contributed by atoms with Crippen molar-refractivity contribution in [3.8, 4) is 0 Å². The molecular formula is C8H13NS. The summed E-state index contributed by atoms with van der Waals surface area (Å²) in [6.07, 6.45) is 1.19. The van der Waals surface area contributed by atoms with E-state index in [1.54, 1.807) is 11.3 Å². The molecule has 1 nitrogen and oxygen atoms in total. The molecule has 10 heavy (non-hydrogen) atoms. The Morgan fingerprint density at radius 2 is 2.40 bits per heavy atom. The second kappa shape index (κ2) is 3.15. The molecule has 0 bridgehead atoms. The Labute approximate surface area is 66.1 Å². The van der Waals surface area contributed by atoms with Gasteiger partial charge >= 0.3 is 0 Å². The highest BCUT2D eigenvalue weighted by molar-refractivity contribution is 7.09. The molecule has 0 aromatic carbocycles. The average molecular weight is 155 g/mol. The van der Waals surface area contributed by atoms with Gasteiger partial charge < -0.3 is 0 Å². The molecule has 0 saturated heterocycles. The Hall–Kier alpha value is -0.370. The zero-order valence-corrected chi connectivity index (χ0v) is 7.53. The van der Waals surface area contributed by atoms with Crippen LogP contribution in [0.2, 0.25) is 0 Å². The molecule has 0 aliphatic carbocycles. The lowest BCUT2D eigenvalue weighted by Gasteiger charge is -2.00. The minimum atomic E-state index is 0.638. The Morgan fingerprint density at radius 1 is 1.70 bits per heavy atom. The van der Waals surface area contributed by atoms with Gasteiger partial charge in [0.1, 0.15) is 0 Å². The van der Waals surface area contributed by atoms with Crippen molar-refractivity contribution in [3.63, 3.8) is 0 Å². The molecule has 0 radical (unpaired) electrons. The van der Waals surface area contributed by atoms with Crippen molar-refractivity contribution in [2.45, 2.75) is 33.1 Å². The predicted molar refractivity (Wildman–Crippen MR) is 45.6 cm³/mol. The summed E-state index contributed by atoms with van der Waals surface area (Å²) >= 11 is 1.77. The first kappa shape index (κ1) is 7.73. The lowest BCUT2D eigenvalue weighted by Crippen LogP contribution is -1.88. The second-order valence-corrected chi connectivity index (χ2v) is 3.53. The maximum Gasteiger partial charge on any atom is 0.0956 e. The summed E-state index contributed by atoms with van der Waals surface area (Å²) in [4.78, 5) is 4.40. The number of aromatic nitrogens is 1. The molecule has 0 fully saturated rings. The minimum Gasteiger partial charge on any atom is -0.246 e. The van der Waals surface area contributed by atoms with E-state index in [1.807, 2.05) is 6.92 Å². The fraction of sp³-hybridized carbons (Fsp3) is 0.625. The maximum absolute atomic E-state index is 4.40. The van der Waals surface area contributed by atoms with Crippen LogP contribution in [0.3, 0.4) is 0 Å². The largest absolute Gasteiger partial charge is 0.246 e. The Bertz CT molecular complexity index is 205. The van der Waals surface area contributed by atoms with Gasteiger partial charge in [0.05, 0.1) is 5.01 Å². The zero-order valence-electron chi connectivity index (χ0n) is 6.72. The van der Waals surface area contributed by atoms with Crippen molar-refractivity contribution >= 4 is 11.3 Å². The third-order valence-electron chi connectivity index (χ3n) is 1.67. The molecule has 1 unspecified atom stereocenters. The smallest absolute Gasteiger partial charge is 0.0956 e. The van der Waals surface area contributed by atoms with Crippen LogP contribution in [-0.4, -0.2) is 4.98 Å². The number of hydrogen-bond acceptors (Lipinski definition) is 2. The van der Waals surface area contributed by atoms with Crippen LogP contribution in [0.1, 0.15) is 36.9 Å². The summed E-state index contributed by atoms with van der Waals surface area (Å²) in [7, 11) is 0. The first-order valence-electron chi connectivity index (χ1n) is 3.66. The van der Waals surface area contributed by atoms with Gasteiger partial charge in [-0.1, -0.05) is 13.8 Å². The molecule has 1 aromatic rings. The van der Waals surface area contributed by atoms with Crippen LogP contribution in [0.4, 0.5) is 0 Å². The van der Waals surface area contributed by atoms with Gasteiger partial charge in [0, 0.05) is 17.0 Å². The van der Waals surface area contributed by atoms with Crippen molar-refractivity contribution in [1.82, 2.24) is 4.98 Å². The third kappa shape index (κ3) is 1.57. The quantitative estimate of drug-likeness (QED) is 0.640. The van der Waals surface area contributed by atoms with Crippen LogP contribution in [0.5, 0.6) is 0 Å². The first-order chi connectivity index (χ1) is 4.74. The highest BCUT2D eigenvalue weighted by Gasteiger charge is 2.05. The molecule has 1 rings (SSSR count). The monoisotopic (exact) mass is 155 g/mol. The van der Waals surface area contributed by atoms with Gasteiger partial charge in [0.25, 0.3) is 0 Å². The van der Waals surface area contributed by atoms with E-state index >= 15 is 0 Å². The molecule has 2 heteroatoms. The molecule has 0 saturated carbocycles. The number of aryl methyl sites for hydroxylation is 1. The van der Waals surface area contributed by atoms with Crippen LogP contribution in [0.15, 0.2) is 5.38 Å². The van der Waals surface area contributed by atoms with Gasteiger partial charge in [-0.25, -0.2) is 4.98 Å². The van der Waals surface area contributed by atoms with Gasteiger partial charge in [-0.15, -0.1) is 11.3 Å². The molecule has 1 atom stereocenters. The van der Waals surface area contributed by atoms with Crippen LogP contribution in [-0.2, 0) is 0 Å². The Balaban J connectivity index is 2.74. The predicted octanol–water partition coefficient (Wildman–Crippen LogP) is 2.97. The van der Waals surface area contributed by atoms with E-state index in [0.717, 1.165) is 5.69 Å². The van der Waals surface area contributed by atoms with E-state index in [1.165, 1.54) is 11.4 Å². The van der Waals surface area contributed by atoms with E-state index in [-0.39, 0.29) is 0 Å². The van der Waals surface area contributed by atoms with Crippen molar-refractivity contribution in [2.24, 2.45) is 0 Å². The first-order valence-corrected chi connectivity index (χ1v) is 4.54. The molecule has 56 valence electrons. The van der Waals surface area contributed by atoms with Gasteiger partial charge in [-0.2, -0.15) is 0 Å². The van der Waals surface area contributed by atoms with E-state index in [2.05, 4.69) is 24.2 Å². The summed E-state index contributed by atoms with van der Waals surface area (Å²) < 4.78 is 0. The normalized spacial score (nSPS) is 13.5. The molecular weight excluding hydrogens is 142 g/mol. The molecule has 0 N–H and O–H groups in total. The number of nitrogens with zero attached hydrogens (tertiary/aromatic N) is 1. The van der Waals surface area contributed by atoms with Gasteiger partial charge in [-0.3, -0.25) is 0 Å². The maximum atomic E-state index is 4.40. The zero-order chi connectivity index (χ0) is 7.56. The third-order valence-corrected chi connectivity index (χ3v) is 2.86. The number of thiazole rings is 1. The summed E-state index contributed by atoms with van der Waals surface area (Å²) in [6.45, 7) is 6.46. The van der Waals surface area contributed by atoms with Crippen LogP contribution in [0.25, 0.3) is 0 Å². The molecule has 0 spiro atoms. The number of hydrogen-bond donors (Lipinski definition) is 0. The van der Waals surface area contributed by atoms with Gasteiger partial charge in [0.15, 0.2) is 0 Å². The highest BCUT2D eigenvalue weighted by Crippen LogP contribution is 2.21. The Morgan fingerprint density at radius 3 is 2.80 bits per heavy atom. The topological polar surface area (TPSA) is 12.9 Å². The van der Waals surface area contributed by atoms with Crippen molar-refractivity contribution in [2.75, 3.05) is 0 Å². The van der Waals surface area contributed by atoms with Crippen molar-refractivity contribution in [1.29, 1.82) is 0 Å². The Kier molecular flexibility index (Phi) is 2.44. The lowest BCUT2D eigenvalue weighted by molar-refractivity contribution is 0.724. The van der Waals surface area contributed by atoms with Crippen LogP contribution >= 0.6 is 11.3 Å².